The van der Waals surface area contributed by atoms with Crippen molar-refractivity contribution in [3.63, 3.8) is 0 Å². The fourth-order valence-corrected chi connectivity index (χ4v) is 3.53. The molecule has 62 heavy (non-hydrogen) atoms. The van der Waals surface area contributed by atoms with Gasteiger partial charge in [0.05, 0.1) is 23.2 Å². The average Bonchev–Trinajstić information content (AvgIpc) is 2.94. The van der Waals surface area contributed by atoms with E-state index in [-0.39, 0.29) is 68.7 Å². The number of rotatable bonds is 7. The molecule has 0 N–H and O–H groups in total. The van der Waals surface area contributed by atoms with Gasteiger partial charge in [0.15, 0.2) is 5.78 Å². The highest BCUT2D eigenvalue weighted by Gasteiger charge is 2.28. The zero-order valence-electron chi connectivity index (χ0n) is 48.5. The van der Waals surface area contributed by atoms with Crippen LogP contribution >= 0.6 is 0 Å². The third kappa shape index (κ3) is 65.0. The Morgan fingerprint density at radius 2 is 0.677 bits per heavy atom. The van der Waals surface area contributed by atoms with Gasteiger partial charge in [-0.05, 0) is 118 Å². The van der Waals surface area contributed by atoms with E-state index < -0.39 is 5.41 Å². The van der Waals surface area contributed by atoms with Gasteiger partial charge in [0.1, 0.15) is 23.8 Å². The number of ketones is 3. The van der Waals surface area contributed by atoms with E-state index in [1.165, 1.54) is 12.8 Å². The van der Waals surface area contributed by atoms with Gasteiger partial charge >= 0.3 is 5.97 Å². The lowest BCUT2D eigenvalue weighted by Gasteiger charge is -2.26. The number of ether oxygens (including phenoxy) is 3. The smallest absolute Gasteiger partial charge is 0.311 e. The molecular formula is C55H114O7. The fourth-order valence-electron chi connectivity index (χ4n) is 3.53. The molecule has 0 rings (SSSR count). The predicted octanol–water partition coefficient (Wildman–Crippen LogP) is 16.4. The van der Waals surface area contributed by atoms with Crippen molar-refractivity contribution in [2.24, 2.45) is 49.7 Å². The van der Waals surface area contributed by atoms with Gasteiger partial charge in [-0.2, -0.15) is 0 Å². The van der Waals surface area contributed by atoms with Gasteiger partial charge in [-0.15, -0.1) is 0 Å². The molecule has 0 atom stereocenters. The summed E-state index contributed by atoms with van der Waals surface area (Å²) in [5.41, 5.74) is -0.0113. The molecule has 0 heterocycles. The van der Waals surface area contributed by atoms with Crippen molar-refractivity contribution >= 4 is 23.3 Å². The average molecular weight is 888 g/mol. The van der Waals surface area contributed by atoms with Crippen molar-refractivity contribution in [3.05, 3.63) is 0 Å². The zero-order chi connectivity index (χ0) is 52.1. The lowest BCUT2D eigenvalue weighted by atomic mass is 9.80. The number of hydrogen-bond donors (Lipinski definition) is 0. The van der Waals surface area contributed by atoms with E-state index in [1.54, 1.807) is 0 Å². The molecule has 0 bridgehead atoms. The predicted molar refractivity (Wildman–Crippen MR) is 272 cm³/mol. The van der Waals surface area contributed by atoms with E-state index in [9.17, 15) is 19.2 Å². The van der Waals surface area contributed by atoms with Gasteiger partial charge < -0.3 is 14.2 Å². The van der Waals surface area contributed by atoms with Gasteiger partial charge in [0.25, 0.3) is 0 Å². The summed E-state index contributed by atoms with van der Waals surface area (Å²) in [5.74, 6) is 1.11. The maximum atomic E-state index is 11.5. The van der Waals surface area contributed by atoms with E-state index >= 15 is 0 Å². The summed E-state index contributed by atoms with van der Waals surface area (Å²) in [5, 5.41) is 0. The van der Waals surface area contributed by atoms with Crippen LogP contribution in [0.25, 0.3) is 0 Å². The van der Waals surface area contributed by atoms with Crippen LogP contribution in [0.1, 0.15) is 255 Å². The van der Waals surface area contributed by atoms with Crippen LogP contribution in [-0.2, 0) is 33.4 Å². The highest BCUT2D eigenvalue weighted by atomic mass is 16.6. The summed E-state index contributed by atoms with van der Waals surface area (Å²) < 4.78 is 16.1. The molecule has 0 aliphatic carbocycles. The first-order chi connectivity index (χ1) is 26.4. The summed E-state index contributed by atoms with van der Waals surface area (Å²) >= 11 is 0. The molecular weight excluding hydrogens is 773 g/mol. The standard InChI is InChI=1S/C10H20O2.C10H20O.C10H22.C9H18O2.C9H20O.C7H14O/c1-9(2,3)8(11)7-12-10(4,5)6;1-9(2,3)7-8(11)10(4,5)6;1-9(2,3)7-8-10(4,5)6;1-8(2,3)7(10)11-9(4,5)6;1-8(2,3)7-10-9(4,5)6;1-5(2)7(8)6(3)4/h7H2,1-6H3;7H2,1-6H3;7-8H2,1-6H3;1-6H3;7H2,1-6H3;5-6H,1-4H3. The molecule has 0 radical (unpaired) electrons. The van der Waals surface area contributed by atoms with Crippen molar-refractivity contribution in [3.8, 4) is 0 Å². The van der Waals surface area contributed by atoms with Gasteiger partial charge in [0, 0.05) is 29.1 Å². The van der Waals surface area contributed by atoms with Gasteiger partial charge in [-0.25, -0.2) is 0 Å². The summed E-state index contributed by atoms with van der Waals surface area (Å²) in [6, 6.07) is 0. The summed E-state index contributed by atoms with van der Waals surface area (Å²) in [4.78, 5) is 45.0. The molecule has 0 aromatic rings. The molecule has 0 aliphatic rings. The summed E-state index contributed by atoms with van der Waals surface area (Å²) in [7, 11) is 0. The monoisotopic (exact) mass is 887 g/mol. The van der Waals surface area contributed by atoms with Crippen LogP contribution in [0.2, 0.25) is 0 Å². The maximum Gasteiger partial charge on any atom is 0.311 e. The Morgan fingerprint density at radius 3 is 0.790 bits per heavy atom. The molecule has 0 saturated carbocycles. The first-order valence-corrected chi connectivity index (χ1v) is 23.5. The molecule has 0 unspecified atom stereocenters. The van der Waals surface area contributed by atoms with Crippen LogP contribution in [0.5, 0.6) is 0 Å². The lowest BCUT2D eigenvalue weighted by molar-refractivity contribution is -0.164. The second-order valence-electron chi connectivity index (χ2n) is 28.5. The van der Waals surface area contributed by atoms with Crippen LogP contribution in [-0.4, -0.2) is 53.3 Å². The first-order valence-electron chi connectivity index (χ1n) is 23.5. The zero-order valence-corrected chi connectivity index (χ0v) is 48.5. The molecule has 0 aromatic carbocycles. The van der Waals surface area contributed by atoms with Crippen molar-refractivity contribution in [1.82, 2.24) is 0 Å². The SMILES string of the molecule is CC(C)(C)CC(=O)C(C)(C)C.CC(C)(C)CCC(C)(C)C.CC(C)(C)COC(C)(C)C.CC(C)(C)OC(=O)C(C)(C)C.CC(C)(C)OCC(=O)C(C)(C)C.CC(C)C(=O)C(C)C. The molecule has 0 fully saturated rings. The molecule has 376 valence electrons. The lowest BCUT2D eigenvalue weighted by Crippen LogP contribution is -2.31. The Morgan fingerprint density at radius 1 is 0.371 bits per heavy atom. The molecule has 0 aliphatic heterocycles. The van der Waals surface area contributed by atoms with E-state index in [2.05, 4.69) is 104 Å². The Hall–Kier alpha value is -1.60. The highest BCUT2D eigenvalue weighted by molar-refractivity contribution is 5.85. The third-order valence-electron chi connectivity index (χ3n) is 7.71. The molecule has 0 saturated heterocycles. The van der Waals surface area contributed by atoms with Crippen molar-refractivity contribution in [2.75, 3.05) is 13.2 Å². The molecule has 7 nitrogen and oxygen atoms in total. The largest absolute Gasteiger partial charge is 0.460 e. The summed E-state index contributed by atoms with van der Waals surface area (Å²) in [6.07, 6.45) is 3.34. The number of carbonyl (C=O) groups excluding carboxylic acids is 4. The van der Waals surface area contributed by atoms with Gasteiger partial charge in [0.2, 0.25) is 0 Å². The number of hydrogen-bond acceptors (Lipinski definition) is 7. The van der Waals surface area contributed by atoms with E-state index in [1.807, 2.05) is 132 Å². The van der Waals surface area contributed by atoms with Crippen LogP contribution < -0.4 is 0 Å². The second-order valence-corrected chi connectivity index (χ2v) is 28.5. The van der Waals surface area contributed by atoms with Crippen molar-refractivity contribution < 1.29 is 33.4 Å². The third-order valence-corrected chi connectivity index (χ3v) is 7.71. The highest BCUT2D eigenvalue weighted by Crippen LogP contribution is 2.30. The number of esters is 1. The van der Waals surface area contributed by atoms with Gasteiger partial charge in [-0.3, -0.25) is 19.2 Å². The normalized spacial score (nSPS) is 13.0. The molecule has 0 amide bonds. The Kier molecular flexibility index (Phi) is 33.0. The summed E-state index contributed by atoms with van der Waals surface area (Å²) in [6.45, 7) is 70.3. The van der Waals surface area contributed by atoms with Crippen LogP contribution in [0.4, 0.5) is 0 Å². The Labute approximate surface area is 389 Å². The Balaban J connectivity index is -0.000000152. The minimum absolute atomic E-state index is 0.00722. The molecule has 7 heteroatoms. The maximum absolute atomic E-state index is 11.5. The quantitative estimate of drug-likeness (QED) is 0.235. The number of Topliss-reactive ketones (excluding diaryl/α,β-unsaturated/α-hetero) is 3. The van der Waals surface area contributed by atoms with E-state index in [0.29, 0.717) is 28.8 Å². The number of carbonyl (C=O) groups is 4. The van der Waals surface area contributed by atoms with E-state index in [4.69, 9.17) is 14.2 Å². The molecule has 0 aromatic heterocycles. The minimum atomic E-state index is -0.396. The minimum Gasteiger partial charge on any atom is -0.460 e. The molecule has 0 spiro atoms. The van der Waals surface area contributed by atoms with Crippen molar-refractivity contribution in [1.29, 1.82) is 0 Å². The topological polar surface area (TPSA) is 96.0 Å². The van der Waals surface area contributed by atoms with Crippen LogP contribution in [0, 0.1) is 49.7 Å². The van der Waals surface area contributed by atoms with E-state index in [0.717, 1.165) is 6.61 Å². The van der Waals surface area contributed by atoms with Gasteiger partial charge in [-0.1, -0.05) is 152 Å². The Bertz CT molecular complexity index is 1110. The second kappa shape index (κ2) is 28.4. The first kappa shape index (κ1) is 72.0. The van der Waals surface area contributed by atoms with Crippen LogP contribution in [0.15, 0.2) is 0 Å². The van der Waals surface area contributed by atoms with Crippen LogP contribution in [0.3, 0.4) is 0 Å². The van der Waals surface area contributed by atoms with Crippen molar-refractivity contribution in [2.45, 2.75) is 271 Å². The fraction of sp³-hybridized carbons (Fsp3) is 0.927.